The molecule has 5 rings (SSSR count). The van der Waals surface area contributed by atoms with Crippen molar-refractivity contribution >= 4 is 34.4 Å². The minimum absolute atomic E-state index is 0.233. The fraction of sp³-hybridized carbons (Fsp3) is 0.160. The van der Waals surface area contributed by atoms with Crippen LogP contribution in [0.5, 0.6) is 0 Å². The van der Waals surface area contributed by atoms with Crippen LogP contribution in [0, 0.1) is 0 Å². The summed E-state index contributed by atoms with van der Waals surface area (Å²) in [6.45, 7) is 0.863. The Balaban J connectivity index is 1.71. The molecule has 0 aliphatic rings. The molecule has 3 heterocycles. The number of aromatic amines is 1. The second-order valence-corrected chi connectivity index (χ2v) is 8.69. The van der Waals surface area contributed by atoms with Gasteiger partial charge in [0.25, 0.3) is 5.56 Å². The average Bonchev–Trinajstić information content (AvgIpc) is 3.47. The minimum atomic E-state index is -0.550. The molecule has 0 amide bonds. The number of fused-ring (bicyclic) bond motifs is 1. The number of aromatic nitrogens is 4. The van der Waals surface area contributed by atoms with Crippen LogP contribution < -0.4 is 11.2 Å². The molecule has 0 spiro atoms. The van der Waals surface area contributed by atoms with Crippen LogP contribution in [-0.2, 0) is 17.8 Å². The monoisotopic (exact) mass is 510 g/mol. The minimum Gasteiger partial charge on any atom is -0.453 e. The summed E-state index contributed by atoms with van der Waals surface area (Å²) >= 11 is 12.2. The van der Waals surface area contributed by atoms with Gasteiger partial charge in [0, 0.05) is 12.7 Å². The molecule has 0 saturated heterocycles. The third kappa shape index (κ3) is 4.43. The van der Waals surface area contributed by atoms with Crippen molar-refractivity contribution in [3.8, 4) is 22.9 Å². The van der Waals surface area contributed by atoms with E-state index in [9.17, 15) is 9.59 Å². The van der Waals surface area contributed by atoms with Gasteiger partial charge >= 0.3 is 5.69 Å². The number of rotatable bonds is 7. The van der Waals surface area contributed by atoms with E-state index in [0.717, 1.165) is 11.1 Å². The maximum absolute atomic E-state index is 13.0. The molecule has 8 nitrogen and oxygen atoms in total. The predicted octanol–water partition coefficient (Wildman–Crippen LogP) is 4.81. The van der Waals surface area contributed by atoms with E-state index in [-0.39, 0.29) is 24.3 Å². The van der Waals surface area contributed by atoms with E-state index >= 15 is 0 Å². The largest absolute Gasteiger partial charge is 0.453 e. The molecule has 5 aromatic rings. The summed E-state index contributed by atoms with van der Waals surface area (Å²) in [7, 11) is 1.54. The number of halogens is 2. The molecule has 0 radical (unpaired) electrons. The smallest absolute Gasteiger partial charge is 0.330 e. The number of H-pyrrole nitrogens is 1. The normalized spacial score (nSPS) is 11.4. The summed E-state index contributed by atoms with van der Waals surface area (Å²) in [5.41, 5.74) is 1.15. The Morgan fingerprint density at radius 3 is 2.49 bits per heavy atom. The van der Waals surface area contributed by atoms with Gasteiger partial charge in [0.2, 0.25) is 0 Å². The summed E-state index contributed by atoms with van der Waals surface area (Å²) in [5, 5.41) is 0.854. The topological polar surface area (TPSA) is 95.1 Å². The summed E-state index contributed by atoms with van der Waals surface area (Å²) in [4.78, 5) is 32.6. The van der Waals surface area contributed by atoms with Gasteiger partial charge in [0.1, 0.15) is 5.76 Å². The molecule has 0 atom stereocenters. The molecule has 0 unspecified atom stereocenters. The van der Waals surface area contributed by atoms with Crippen LogP contribution in [-0.4, -0.2) is 32.8 Å². The van der Waals surface area contributed by atoms with Gasteiger partial charge < -0.3 is 13.7 Å². The van der Waals surface area contributed by atoms with Crippen molar-refractivity contribution in [3.63, 3.8) is 0 Å². The number of nitrogens with zero attached hydrogens (tertiary/aromatic N) is 3. The number of methoxy groups -OCH3 is 1. The molecule has 0 fully saturated rings. The van der Waals surface area contributed by atoms with Gasteiger partial charge in [0.15, 0.2) is 22.7 Å². The first-order valence-corrected chi connectivity index (χ1v) is 11.5. The molecular formula is C25H20Cl2N4O4. The molecule has 0 bridgehead atoms. The van der Waals surface area contributed by atoms with Crippen molar-refractivity contribution in [2.45, 2.75) is 13.1 Å². The third-order valence-corrected chi connectivity index (χ3v) is 6.36. The second kappa shape index (κ2) is 9.58. The number of furan rings is 1. The predicted molar refractivity (Wildman–Crippen MR) is 135 cm³/mol. The summed E-state index contributed by atoms with van der Waals surface area (Å²) in [5.74, 6) is 1.41. The zero-order valence-corrected chi connectivity index (χ0v) is 20.1. The Labute approximate surface area is 209 Å². The molecule has 178 valence electrons. The number of benzene rings is 2. The van der Waals surface area contributed by atoms with Crippen molar-refractivity contribution < 1.29 is 9.15 Å². The standard InChI is InChI=1S/C25H20Cl2N4O4/c1-34-12-11-30-23-21(24(32)29-25(30)33)31(14-15-5-3-2-4-6-15)22(28-23)20-10-9-19(35-20)16-7-8-17(26)18(27)13-16/h2-10,13H,11-12,14H2,1H3,(H,29,32,33). The lowest BCUT2D eigenvalue weighted by Gasteiger charge is -2.08. The summed E-state index contributed by atoms with van der Waals surface area (Å²) in [6.07, 6.45) is 0. The number of nitrogens with one attached hydrogen (secondary N) is 1. The number of hydrogen-bond acceptors (Lipinski definition) is 5. The SMILES string of the molecule is COCCn1c(=O)[nH]c(=O)c2c1nc(-c1ccc(-c3ccc(Cl)c(Cl)c3)o1)n2Cc1ccccc1. The van der Waals surface area contributed by atoms with Crippen LogP contribution in [0.1, 0.15) is 5.56 Å². The first-order valence-electron chi connectivity index (χ1n) is 10.8. The molecule has 10 heteroatoms. The maximum Gasteiger partial charge on any atom is 0.330 e. The summed E-state index contributed by atoms with van der Waals surface area (Å²) < 4.78 is 14.4. The Morgan fingerprint density at radius 1 is 0.971 bits per heavy atom. The number of imidazole rings is 1. The first kappa shape index (κ1) is 23.2. The lowest BCUT2D eigenvalue weighted by molar-refractivity contribution is 0.187. The average molecular weight is 511 g/mol. The Hall–Kier alpha value is -3.59. The Kier molecular flexibility index (Phi) is 6.34. The van der Waals surface area contributed by atoms with Crippen LogP contribution in [0.3, 0.4) is 0 Å². The van der Waals surface area contributed by atoms with Crippen molar-refractivity contribution in [3.05, 3.63) is 97.1 Å². The van der Waals surface area contributed by atoms with Gasteiger partial charge in [-0.05, 0) is 35.9 Å². The third-order valence-electron chi connectivity index (χ3n) is 5.62. The highest BCUT2D eigenvalue weighted by atomic mass is 35.5. The van der Waals surface area contributed by atoms with Crippen LogP contribution in [0.4, 0.5) is 0 Å². The van der Waals surface area contributed by atoms with Crippen LogP contribution in [0.25, 0.3) is 34.1 Å². The quantitative estimate of drug-likeness (QED) is 0.338. The van der Waals surface area contributed by atoms with Crippen LogP contribution >= 0.6 is 23.2 Å². The molecule has 1 N–H and O–H groups in total. The van der Waals surface area contributed by atoms with Gasteiger partial charge in [-0.15, -0.1) is 0 Å². The zero-order chi connectivity index (χ0) is 24.5. The maximum atomic E-state index is 13.0. The Morgan fingerprint density at radius 2 is 1.74 bits per heavy atom. The Bertz CT molecular complexity index is 1630. The number of ether oxygens (including phenoxy) is 1. The highest BCUT2D eigenvalue weighted by Gasteiger charge is 2.22. The van der Waals surface area contributed by atoms with Gasteiger partial charge in [-0.1, -0.05) is 53.5 Å². The lowest BCUT2D eigenvalue weighted by atomic mass is 10.2. The molecule has 35 heavy (non-hydrogen) atoms. The van der Waals surface area contributed by atoms with E-state index in [2.05, 4.69) is 4.98 Å². The first-order chi connectivity index (χ1) is 17.0. The fourth-order valence-electron chi connectivity index (χ4n) is 3.93. The van der Waals surface area contributed by atoms with E-state index in [1.165, 1.54) is 4.57 Å². The van der Waals surface area contributed by atoms with Crippen molar-refractivity contribution in [2.24, 2.45) is 0 Å². The van der Waals surface area contributed by atoms with E-state index < -0.39 is 11.2 Å². The fourth-order valence-corrected chi connectivity index (χ4v) is 4.23. The van der Waals surface area contributed by atoms with Crippen molar-refractivity contribution in [1.29, 1.82) is 0 Å². The molecule has 3 aromatic heterocycles. The summed E-state index contributed by atoms with van der Waals surface area (Å²) in [6, 6.07) is 18.4. The van der Waals surface area contributed by atoms with Gasteiger partial charge in [-0.2, -0.15) is 0 Å². The van der Waals surface area contributed by atoms with Gasteiger partial charge in [0.05, 0.1) is 29.7 Å². The highest BCUT2D eigenvalue weighted by Crippen LogP contribution is 2.33. The molecule has 0 aliphatic heterocycles. The molecular weight excluding hydrogens is 491 g/mol. The van der Waals surface area contributed by atoms with E-state index in [1.54, 1.807) is 42.0 Å². The van der Waals surface area contributed by atoms with Crippen LogP contribution in [0.2, 0.25) is 10.0 Å². The van der Waals surface area contributed by atoms with Gasteiger partial charge in [-0.3, -0.25) is 14.3 Å². The lowest BCUT2D eigenvalue weighted by Crippen LogP contribution is -2.32. The molecule has 2 aromatic carbocycles. The number of hydrogen-bond donors (Lipinski definition) is 1. The molecule has 0 aliphatic carbocycles. The van der Waals surface area contributed by atoms with E-state index in [1.807, 2.05) is 30.3 Å². The highest BCUT2D eigenvalue weighted by molar-refractivity contribution is 6.42. The van der Waals surface area contributed by atoms with E-state index in [0.29, 0.717) is 33.9 Å². The second-order valence-electron chi connectivity index (χ2n) is 7.88. The zero-order valence-electron chi connectivity index (χ0n) is 18.6. The van der Waals surface area contributed by atoms with Gasteiger partial charge in [-0.25, -0.2) is 9.78 Å². The van der Waals surface area contributed by atoms with Crippen molar-refractivity contribution in [1.82, 2.24) is 19.1 Å². The van der Waals surface area contributed by atoms with E-state index in [4.69, 9.17) is 37.3 Å². The van der Waals surface area contributed by atoms with Crippen molar-refractivity contribution in [2.75, 3.05) is 13.7 Å². The van der Waals surface area contributed by atoms with Crippen LogP contribution in [0.15, 0.2) is 74.7 Å². The molecule has 0 saturated carbocycles.